The van der Waals surface area contributed by atoms with E-state index in [4.69, 9.17) is 0 Å². The summed E-state index contributed by atoms with van der Waals surface area (Å²) in [5.74, 6) is 3.48. The zero-order valence-corrected chi connectivity index (χ0v) is 8.70. The Hall–Kier alpha value is 0.310. The third-order valence-corrected chi connectivity index (χ3v) is 4.65. The van der Waals surface area contributed by atoms with E-state index in [1.807, 2.05) is 0 Å². The van der Waals surface area contributed by atoms with Crippen molar-refractivity contribution in [3.63, 3.8) is 0 Å². The molecule has 0 aromatic heterocycles. The van der Waals surface area contributed by atoms with Gasteiger partial charge < -0.3 is 5.32 Å². The first-order valence-electron chi connectivity index (χ1n) is 5.18. The van der Waals surface area contributed by atoms with Crippen LogP contribution in [0.5, 0.6) is 0 Å². The van der Waals surface area contributed by atoms with Crippen LogP contribution in [0, 0.1) is 11.8 Å². The van der Waals surface area contributed by atoms with Crippen LogP contribution in [0.15, 0.2) is 0 Å². The molecule has 0 aromatic carbocycles. The quantitative estimate of drug-likeness (QED) is 0.720. The molecule has 2 unspecified atom stereocenters. The molecule has 70 valence electrons. The molecule has 2 heteroatoms. The number of nitrogens with one attached hydrogen (secondary N) is 1. The second-order valence-electron chi connectivity index (χ2n) is 4.11. The lowest BCUT2D eigenvalue weighted by Gasteiger charge is -2.21. The van der Waals surface area contributed by atoms with Crippen LogP contribution in [-0.4, -0.2) is 24.6 Å². The molecule has 0 amide bonds. The smallest absolute Gasteiger partial charge is 0.00903 e. The maximum absolute atomic E-state index is 3.35. The van der Waals surface area contributed by atoms with Gasteiger partial charge in [-0.1, -0.05) is 0 Å². The van der Waals surface area contributed by atoms with Crippen molar-refractivity contribution in [3.8, 4) is 0 Å². The molecule has 1 N–H and O–H groups in total. The summed E-state index contributed by atoms with van der Waals surface area (Å²) in [4.78, 5) is 0. The van der Waals surface area contributed by atoms with Gasteiger partial charge in [0.2, 0.25) is 0 Å². The third kappa shape index (κ3) is 1.97. The molecule has 2 fully saturated rings. The predicted octanol–water partition coefficient (Wildman–Crippen LogP) is 2.13. The molecule has 2 rings (SSSR count). The molecule has 0 aromatic rings. The lowest BCUT2D eigenvalue weighted by atomic mass is 9.96. The first kappa shape index (κ1) is 8.89. The lowest BCUT2D eigenvalue weighted by molar-refractivity contribution is 0.419. The highest BCUT2D eigenvalue weighted by atomic mass is 32.2. The Kier molecular flexibility index (Phi) is 2.97. The second-order valence-corrected chi connectivity index (χ2v) is 5.46. The molecule has 2 atom stereocenters. The molecule has 1 aliphatic carbocycles. The molecule has 0 bridgehead atoms. The second kappa shape index (κ2) is 4.01. The Morgan fingerprint density at radius 1 is 1.42 bits per heavy atom. The summed E-state index contributed by atoms with van der Waals surface area (Å²) in [6.07, 6.45) is 5.95. The third-order valence-electron chi connectivity index (χ3n) is 3.11. The monoisotopic (exact) mass is 185 g/mol. The molecule has 2 aliphatic rings. The van der Waals surface area contributed by atoms with E-state index in [2.05, 4.69) is 24.1 Å². The fraction of sp³-hybridized carbons (Fsp3) is 1.00. The zero-order valence-electron chi connectivity index (χ0n) is 7.88. The first-order chi connectivity index (χ1) is 5.92. The molecule has 1 heterocycles. The molecule has 1 aliphatic heterocycles. The average molecular weight is 185 g/mol. The van der Waals surface area contributed by atoms with Gasteiger partial charge in [0.1, 0.15) is 0 Å². The van der Waals surface area contributed by atoms with Gasteiger partial charge in [-0.05, 0) is 56.9 Å². The minimum Gasteiger partial charge on any atom is -0.319 e. The van der Waals surface area contributed by atoms with Gasteiger partial charge in [-0.25, -0.2) is 0 Å². The Morgan fingerprint density at radius 2 is 2.25 bits per heavy atom. The number of rotatable bonds is 4. The van der Waals surface area contributed by atoms with E-state index in [1.54, 1.807) is 0 Å². The SMILES string of the molecule is CNCC(C1CC1)C1CCCS1. The minimum absolute atomic E-state index is 0.988. The Balaban J connectivity index is 1.85. The van der Waals surface area contributed by atoms with Crippen molar-refractivity contribution >= 4 is 11.8 Å². The van der Waals surface area contributed by atoms with Crippen molar-refractivity contribution in [1.29, 1.82) is 0 Å². The number of hydrogen-bond acceptors (Lipinski definition) is 2. The predicted molar refractivity (Wildman–Crippen MR) is 55.6 cm³/mol. The fourth-order valence-electron chi connectivity index (χ4n) is 2.30. The van der Waals surface area contributed by atoms with Gasteiger partial charge in [0.25, 0.3) is 0 Å². The van der Waals surface area contributed by atoms with E-state index in [1.165, 1.54) is 38.0 Å². The molecule has 1 nitrogen and oxygen atoms in total. The summed E-state index contributed by atoms with van der Waals surface area (Å²) < 4.78 is 0. The standard InChI is InChI=1S/C10H19NS/c1-11-7-9(8-4-5-8)10-3-2-6-12-10/h8-11H,2-7H2,1H3. The van der Waals surface area contributed by atoms with Crippen LogP contribution in [0.25, 0.3) is 0 Å². The summed E-state index contributed by atoms with van der Waals surface area (Å²) in [6, 6.07) is 0. The van der Waals surface area contributed by atoms with E-state index in [0.29, 0.717) is 0 Å². The molecule has 12 heavy (non-hydrogen) atoms. The van der Waals surface area contributed by atoms with E-state index in [9.17, 15) is 0 Å². The number of thioether (sulfide) groups is 1. The topological polar surface area (TPSA) is 12.0 Å². The lowest BCUT2D eigenvalue weighted by Crippen LogP contribution is -2.28. The van der Waals surface area contributed by atoms with Crippen molar-refractivity contribution in [2.45, 2.75) is 30.9 Å². The van der Waals surface area contributed by atoms with Gasteiger partial charge in [0, 0.05) is 5.25 Å². The summed E-state index contributed by atoms with van der Waals surface area (Å²) in [6.45, 7) is 1.25. The zero-order chi connectivity index (χ0) is 8.39. The van der Waals surface area contributed by atoms with E-state index < -0.39 is 0 Å². The maximum atomic E-state index is 3.35. The molecule has 0 spiro atoms. The summed E-state index contributed by atoms with van der Waals surface area (Å²) in [5, 5.41) is 4.34. The fourth-order valence-corrected chi connectivity index (χ4v) is 3.84. The minimum atomic E-state index is 0.988. The maximum Gasteiger partial charge on any atom is 0.00903 e. The van der Waals surface area contributed by atoms with Crippen LogP contribution in [0.2, 0.25) is 0 Å². The van der Waals surface area contributed by atoms with Gasteiger partial charge >= 0.3 is 0 Å². The van der Waals surface area contributed by atoms with E-state index in [-0.39, 0.29) is 0 Å². The van der Waals surface area contributed by atoms with Crippen LogP contribution >= 0.6 is 11.8 Å². The van der Waals surface area contributed by atoms with Crippen LogP contribution in [0.4, 0.5) is 0 Å². The largest absolute Gasteiger partial charge is 0.319 e. The van der Waals surface area contributed by atoms with Gasteiger partial charge in [-0.2, -0.15) is 11.8 Å². The highest BCUT2D eigenvalue weighted by molar-refractivity contribution is 8.00. The first-order valence-corrected chi connectivity index (χ1v) is 6.23. The summed E-state index contributed by atoms with van der Waals surface area (Å²) in [5.41, 5.74) is 0. The van der Waals surface area contributed by atoms with Crippen molar-refractivity contribution in [1.82, 2.24) is 5.32 Å². The van der Waals surface area contributed by atoms with E-state index in [0.717, 1.165) is 17.1 Å². The van der Waals surface area contributed by atoms with Crippen molar-refractivity contribution < 1.29 is 0 Å². The van der Waals surface area contributed by atoms with Gasteiger partial charge in [0.15, 0.2) is 0 Å². The molecular weight excluding hydrogens is 166 g/mol. The van der Waals surface area contributed by atoms with Crippen molar-refractivity contribution in [3.05, 3.63) is 0 Å². The van der Waals surface area contributed by atoms with Crippen LogP contribution in [0.3, 0.4) is 0 Å². The molecule has 1 saturated carbocycles. The molecule has 1 saturated heterocycles. The molecular formula is C10H19NS. The van der Waals surface area contributed by atoms with Gasteiger partial charge in [0.05, 0.1) is 0 Å². The Morgan fingerprint density at radius 3 is 2.75 bits per heavy atom. The highest BCUT2D eigenvalue weighted by Crippen LogP contribution is 2.44. The van der Waals surface area contributed by atoms with Crippen molar-refractivity contribution in [2.75, 3.05) is 19.3 Å². The Labute approximate surface area is 79.7 Å². The van der Waals surface area contributed by atoms with Gasteiger partial charge in [-0.3, -0.25) is 0 Å². The summed E-state index contributed by atoms with van der Waals surface area (Å²) >= 11 is 2.22. The van der Waals surface area contributed by atoms with Gasteiger partial charge in [-0.15, -0.1) is 0 Å². The number of hydrogen-bond donors (Lipinski definition) is 1. The summed E-state index contributed by atoms with van der Waals surface area (Å²) in [7, 11) is 2.09. The van der Waals surface area contributed by atoms with Crippen molar-refractivity contribution in [2.24, 2.45) is 11.8 Å². The van der Waals surface area contributed by atoms with Crippen LogP contribution in [0.1, 0.15) is 25.7 Å². The molecule has 0 radical (unpaired) electrons. The normalized spacial score (nSPS) is 32.2. The average Bonchev–Trinajstić information content (AvgIpc) is 2.77. The van der Waals surface area contributed by atoms with Crippen LogP contribution < -0.4 is 5.32 Å². The highest BCUT2D eigenvalue weighted by Gasteiger charge is 2.37. The van der Waals surface area contributed by atoms with E-state index >= 15 is 0 Å². The Bertz CT molecular complexity index is 139. The van der Waals surface area contributed by atoms with Crippen LogP contribution in [-0.2, 0) is 0 Å².